The van der Waals surface area contributed by atoms with Gasteiger partial charge in [0.25, 0.3) is 0 Å². The second-order valence-corrected chi connectivity index (χ2v) is 9.63. The van der Waals surface area contributed by atoms with Crippen molar-refractivity contribution in [3.05, 3.63) is 59.2 Å². The standard InChI is InChI=1S/C22H29N3O3S/c1-17-14-18(2)22(19(3)15-17)25(29(4,27)28)16-21(26)24-12-10-23(11-13-24)20-8-6-5-7-9-20/h5-9,14-15H,10-13,16H2,1-4H3. The summed E-state index contributed by atoms with van der Waals surface area (Å²) in [6.45, 7) is 8.21. The fourth-order valence-electron chi connectivity index (χ4n) is 4.00. The van der Waals surface area contributed by atoms with Gasteiger partial charge in [0.1, 0.15) is 6.54 Å². The first-order valence-electron chi connectivity index (χ1n) is 9.80. The van der Waals surface area contributed by atoms with Crippen LogP contribution >= 0.6 is 0 Å². The van der Waals surface area contributed by atoms with Crippen molar-refractivity contribution in [1.82, 2.24) is 4.90 Å². The Hall–Kier alpha value is -2.54. The Labute approximate surface area is 173 Å². The van der Waals surface area contributed by atoms with E-state index in [1.165, 1.54) is 4.31 Å². The van der Waals surface area contributed by atoms with Gasteiger partial charge in [-0.15, -0.1) is 0 Å². The van der Waals surface area contributed by atoms with Crippen LogP contribution in [0.4, 0.5) is 11.4 Å². The maximum atomic E-state index is 13.0. The summed E-state index contributed by atoms with van der Waals surface area (Å²) in [6, 6.07) is 14.0. The van der Waals surface area contributed by atoms with E-state index in [9.17, 15) is 13.2 Å². The van der Waals surface area contributed by atoms with Crippen LogP contribution in [-0.4, -0.2) is 58.2 Å². The number of piperazine rings is 1. The Morgan fingerprint density at radius 3 is 2.03 bits per heavy atom. The van der Waals surface area contributed by atoms with E-state index in [4.69, 9.17) is 0 Å². The van der Waals surface area contributed by atoms with E-state index in [1.54, 1.807) is 4.90 Å². The molecule has 1 aliphatic heterocycles. The number of carbonyl (C=O) groups excluding carboxylic acids is 1. The molecule has 0 saturated carbocycles. The Kier molecular flexibility index (Phi) is 6.17. The molecule has 6 nitrogen and oxygen atoms in total. The highest BCUT2D eigenvalue weighted by Crippen LogP contribution is 2.28. The summed E-state index contributed by atoms with van der Waals surface area (Å²) in [5, 5.41) is 0. The van der Waals surface area contributed by atoms with Crippen LogP contribution in [0.2, 0.25) is 0 Å². The molecule has 1 heterocycles. The third kappa shape index (κ3) is 4.90. The van der Waals surface area contributed by atoms with Gasteiger partial charge in [0.2, 0.25) is 15.9 Å². The van der Waals surface area contributed by atoms with Gasteiger partial charge in [0.05, 0.1) is 11.9 Å². The van der Waals surface area contributed by atoms with Crippen LogP contribution in [0, 0.1) is 20.8 Å². The first kappa shape index (κ1) is 21.2. The molecule has 1 amide bonds. The van der Waals surface area contributed by atoms with E-state index >= 15 is 0 Å². The van der Waals surface area contributed by atoms with E-state index in [0.29, 0.717) is 18.8 Å². The Balaban J connectivity index is 1.74. The van der Waals surface area contributed by atoms with Crippen molar-refractivity contribution in [3.8, 4) is 0 Å². The van der Waals surface area contributed by atoms with E-state index in [1.807, 2.05) is 51.1 Å². The van der Waals surface area contributed by atoms with Gasteiger partial charge in [-0.2, -0.15) is 0 Å². The molecular weight excluding hydrogens is 386 g/mol. The Morgan fingerprint density at radius 2 is 1.52 bits per heavy atom. The van der Waals surface area contributed by atoms with Gasteiger partial charge in [0, 0.05) is 31.9 Å². The summed E-state index contributed by atoms with van der Waals surface area (Å²) in [4.78, 5) is 17.0. The van der Waals surface area contributed by atoms with Crippen LogP contribution < -0.4 is 9.21 Å². The molecule has 0 aromatic heterocycles. The zero-order valence-electron chi connectivity index (χ0n) is 17.6. The molecule has 0 aliphatic carbocycles. The third-order valence-corrected chi connectivity index (χ3v) is 6.43. The first-order valence-corrected chi connectivity index (χ1v) is 11.6. The summed E-state index contributed by atoms with van der Waals surface area (Å²) in [5.74, 6) is -0.164. The number of para-hydroxylation sites is 1. The van der Waals surface area contributed by atoms with Gasteiger partial charge < -0.3 is 9.80 Å². The van der Waals surface area contributed by atoms with E-state index in [0.717, 1.165) is 41.7 Å². The molecule has 1 fully saturated rings. The molecule has 3 rings (SSSR count). The molecular formula is C22H29N3O3S. The number of aryl methyl sites for hydroxylation is 3. The number of carbonyl (C=O) groups is 1. The number of amides is 1. The molecule has 2 aromatic carbocycles. The molecule has 0 atom stereocenters. The van der Waals surface area contributed by atoms with Gasteiger partial charge in [-0.1, -0.05) is 35.9 Å². The predicted molar refractivity (Wildman–Crippen MR) is 118 cm³/mol. The van der Waals surface area contributed by atoms with Gasteiger partial charge in [-0.25, -0.2) is 8.42 Å². The minimum absolute atomic E-state index is 0.164. The van der Waals surface area contributed by atoms with E-state index in [2.05, 4.69) is 17.0 Å². The lowest BCUT2D eigenvalue weighted by Crippen LogP contribution is -2.52. The molecule has 0 unspecified atom stereocenters. The maximum absolute atomic E-state index is 13.0. The fourth-order valence-corrected chi connectivity index (χ4v) is 4.97. The number of rotatable bonds is 5. The predicted octanol–water partition coefficient (Wildman–Crippen LogP) is 2.73. The molecule has 7 heteroatoms. The van der Waals surface area contributed by atoms with Crippen molar-refractivity contribution in [3.63, 3.8) is 0 Å². The Bertz CT molecular complexity index is 959. The molecule has 1 aliphatic rings. The van der Waals surface area contributed by atoms with Crippen LogP contribution in [0.3, 0.4) is 0 Å². The zero-order chi connectivity index (χ0) is 21.2. The lowest BCUT2D eigenvalue weighted by molar-refractivity contribution is -0.129. The SMILES string of the molecule is Cc1cc(C)c(N(CC(=O)N2CCN(c3ccccc3)CC2)S(C)(=O)=O)c(C)c1. The zero-order valence-corrected chi connectivity index (χ0v) is 18.4. The number of sulfonamides is 1. The second-order valence-electron chi connectivity index (χ2n) is 7.72. The molecule has 0 spiro atoms. The lowest BCUT2D eigenvalue weighted by Gasteiger charge is -2.37. The first-order chi connectivity index (χ1) is 13.7. The molecule has 2 aromatic rings. The number of hydrogen-bond donors (Lipinski definition) is 0. The van der Waals surface area contributed by atoms with Crippen LogP contribution in [0.1, 0.15) is 16.7 Å². The number of hydrogen-bond acceptors (Lipinski definition) is 4. The average Bonchev–Trinajstić information content (AvgIpc) is 2.66. The molecule has 156 valence electrons. The van der Waals surface area contributed by atoms with Crippen molar-refractivity contribution in [2.24, 2.45) is 0 Å². The largest absolute Gasteiger partial charge is 0.368 e. The van der Waals surface area contributed by atoms with Gasteiger partial charge in [-0.3, -0.25) is 9.10 Å². The second kappa shape index (κ2) is 8.45. The third-order valence-electron chi connectivity index (χ3n) is 5.32. The van der Waals surface area contributed by atoms with Crippen LogP contribution in [0.5, 0.6) is 0 Å². The number of nitrogens with zero attached hydrogens (tertiary/aromatic N) is 3. The number of benzene rings is 2. The summed E-state index contributed by atoms with van der Waals surface area (Å²) >= 11 is 0. The minimum atomic E-state index is -3.59. The van der Waals surface area contributed by atoms with Crippen molar-refractivity contribution < 1.29 is 13.2 Å². The van der Waals surface area contributed by atoms with Crippen molar-refractivity contribution >= 4 is 27.3 Å². The van der Waals surface area contributed by atoms with Crippen molar-refractivity contribution in [2.45, 2.75) is 20.8 Å². The minimum Gasteiger partial charge on any atom is -0.368 e. The normalized spacial score (nSPS) is 14.8. The van der Waals surface area contributed by atoms with Gasteiger partial charge in [-0.05, 0) is 44.0 Å². The number of anilines is 2. The van der Waals surface area contributed by atoms with Gasteiger partial charge >= 0.3 is 0 Å². The van der Waals surface area contributed by atoms with Crippen molar-refractivity contribution in [2.75, 3.05) is 48.2 Å². The van der Waals surface area contributed by atoms with Gasteiger partial charge in [0.15, 0.2) is 0 Å². The molecule has 29 heavy (non-hydrogen) atoms. The van der Waals surface area contributed by atoms with Crippen LogP contribution in [0.15, 0.2) is 42.5 Å². The Morgan fingerprint density at radius 1 is 0.966 bits per heavy atom. The average molecular weight is 416 g/mol. The van der Waals surface area contributed by atoms with E-state index in [-0.39, 0.29) is 12.5 Å². The highest BCUT2D eigenvalue weighted by atomic mass is 32.2. The fraction of sp³-hybridized carbons (Fsp3) is 0.409. The summed E-state index contributed by atoms with van der Waals surface area (Å²) in [5.41, 5.74) is 4.53. The highest BCUT2D eigenvalue weighted by molar-refractivity contribution is 7.92. The monoisotopic (exact) mass is 415 g/mol. The summed E-state index contributed by atoms with van der Waals surface area (Å²) in [6.07, 6.45) is 1.16. The van der Waals surface area contributed by atoms with Crippen LogP contribution in [-0.2, 0) is 14.8 Å². The van der Waals surface area contributed by atoms with E-state index < -0.39 is 10.0 Å². The quantitative estimate of drug-likeness (QED) is 0.753. The summed E-state index contributed by atoms with van der Waals surface area (Å²) in [7, 11) is -3.59. The highest BCUT2D eigenvalue weighted by Gasteiger charge is 2.28. The van der Waals surface area contributed by atoms with Crippen LogP contribution in [0.25, 0.3) is 0 Å². The molecule has 0 N–H and O–H groups in total. The smallest absolute Gasteiger partial charge is 0.243 e. The maximum Gasteiger partial charge on any atom is 0.243 e. The lowest BCUT2D eigenvalue weighted by atomic mass is 10.1. The molecule has 0 radical (unpaired) electrons. The topological polar surface area (TPSA) is 60.9 Å². The molecule has 1 saturated heterocycles. The summed E-state index contributed by atoms with van der Waals surface area (Å²) < 4.78 is 26.3. The molecule has 0 bridgehead atoms. The van der Waals surface area contributed by atoms with Crippen molar-refractivity contribution in [1.29, 1.82) is 0 Å².